The number of anilines is 1. The number of carbonyl (C=O) groups is 18. The summed E-state index contributed by atoms with van der Waals surface area (Å²) in [7, 11) is 1.46. The number of halogens is 2. The topological polar surface area (TPSA) is 645 Å². The van der Waals surface area contributed by atoms with E-state index in [-0.39, 0.29) is 103 Å². The quantitative estimate of drug-likeness (QED) is 0.0248. The Hall–Kier alpha value is -12.7. The lowest BCUT2D eigenvalue weighted by atomic mass is 9.95. The van der Waals surface area contributed by atoms with Crippen LogP contribution in [0, 0.1) is 0 Å². The number of nitrogens with zero attached hydrogens (tertiary/aromatic N) is 7. The van der Waals surface area contributed by atoms with Crippen LogP contribution in [0.2, 0.25) is 10.0 Å². The van der Waals surface area contributed by atoms with Crippen LogP contribution in [-0.4, -0.2) is 337 Å². The number of carboxylic acids is 7. The largest absolute Gasteiger partial charge is 0.496 e. The van der Waals surface area contributed by atoms with Crippen LogP contribution in [-0.2, 0) is 92.9 Å². The number of rotatable bonds is 47. The number of unbranched alkanes of at least 4 members (excludes halogenated alkanes) is 1. The Bertz CT molecular complexity index is 4750. The first-order valence-electron chi connectivity index (χ1n) is 41.3. The molecule has 3 aliphatic heterocycles. The van der Waals surface area contributed by atoms with Gasteiger partial charge in [0.1, 0.15) is 60.4 Å². The first kappa shape index (κ1) is 103. The van der Waals surface area contributed by atoms with E-state index in [0.717, 1.165) is 0 Å². The van der Waals surface area contributed by atoms with E-state index in [1.807, 2.05) is 13.8 Å². The summed E-state index contributed by atoms with van der Waals surface area (Å²) >= 11 is 13.1. The van der Waals surface area contributed by atoms with Gasteiger partial charge in [-0.3, -0.25) is 106 Å². The summed E-state index contributed by atoms with van der Waals surface area (Å²) in [6, 6.07) is 2.77. The van der Waals surface area contributed by atoms with E-state index < -0.39 is 233 Å². The van der Waals surface area contributed by atoms with Crippen molar-refractivity contribution < 1.29 is 136 Å². The van der Waals surface area contributed by atoms with Crippen molar-refractivity contribution in [2.24, 2.45) is 5.73 Å². The maximum atomic E-state index is 14.7. The molecule has 4 heterocycles. The first-order valence-corrected chi connectivity index (χ1v) is 42.1. The van der Waals surface area contributed by atoms with Crippen LogP contribution in [0.5, 0.6) is 11.5 Å². The Labute approximate surface area is 749 Å². The van der Waals surface area contributed by atoms with Gasteiger partial charge < -0.3 is 108 Å². The van der Waals surface area contributed by atoms with Crippen LogP contribution in [0.25, 0.3) is 28.1 Å². The van der Waals surface area contributed by atoms with E-state index in [4.69, 9.17) is 48.2 Å². The molecule has 11 amide bonds. The van der Waals surface area contributed by atoms with Gasteiger partial charge >= 0.3 is 41.8 Å². The summed E-state index contributed by atoms with van der Waals surface area (Å²) in [5.74, 6) is -19.6. The second-order valence-electron chi connectivity index (χ2n) is 31.6. The average Bonchev–Trinajstić information content (AvgIpc) is 1.59. The minimum Gasteiger partial charge on any atom is -0.496 e. The third kappa shape index (κ3) is 33.2. The minimum absolute atomic E-state index is 0.00120. The van der Waals surface area contributed by atoms with Gasteiger partial charge in [0.25, 0.3) is 5.91 Å². The van der Waals surface area contributed by atoms with Gasteiger partial charge in [-0.15, -0.1) is 0 Å². The fourth-order valence-electron chi connectivity index (χ4n) is 14.2. The van der Waals surface area contributed by atoms with Crippen LogP contribution >= 0.6 is 23.2 Å². The van der Waals surface area contributed by atoms with Crippen LogP contribution in [0.15, 0.2) is 54.6 Å². The third-order valence-electron chi connectivity index (χ3n) is 21.1. The van der Waals surface area contributed by atoms with Crippen molar-refractivity contribution in [1.82, 2.24) is 76.8 Å². The monoisotopic (exact) mass is 1850 g/mol. The molecule has 0 bridgehead atoms. The summed E-state index contributed by atoms with van der Waals surface area (Å²) in [5, 5.41) is 95.0. The number of fused-ring (bicyclic) bond motifs is 3. The van der Waals surface area contributed by atoms with Gasteiger partial charge in [-0.2, -0.15) is 5.10 Å². The van der Waals surface area contributed by atoms with E-state index in [9.17, 15) is 122 Å². The van der Waals surface area contributed by atoms with Gasteiger partial charge in [0, 0.05) is 142 Å². The molecule has 7 rings (SSSR count). The molecule has 0 aliphatic carbocycles. The van der Waals surface area contributed by atoms with Crippen LogP contribution < -0.4 is 63.1 Å². The maximum Gasteiger partial charge on any atom is 0.317 e. The lowest BCUT2D eigenvalue weighted by Gasteiger charge is -2.41. The lowest BCUT2D eigenvalue weighted by Crippen LogP contribution is -2.60. The fourth-order valence-corrected chi connectivity index (χ4v) is 14.7. The second-order valence-corrected chi connectivity index (χ2v) is 32.5. The molecule has 0 radical (unpaired) electrons. The number of ether oxygens (including phenoxy) is 3. The highest BCUT2D eigenvalue weighted by molar-refractivity contribution is 6.35. The third-order valence-corrected chi connectivity index (χ3v) is 21.5. The zero-order valence-electron chi connectivity index (χ0n) is 71.6. The Morgan fingerprint density at radius 3 is 1.40 bits per heavy atom. The highest BCUT2D eigenvalue weighted by Gasteiger charge is 2.41. The lowest BCUT2D eigenvalue weighted by molar-refractivity contribution is -0.140. The summed E-state index contributed by atoms with van der Waals surface area (Å²) < 4.78 is 19.5. The van der Waals surface area contributed by atoms with E-state index in [2.05, 4.69) is 47.9 Å². The molecule has 3 aliphatic rings. The Balaban J connectivity index is 1.06. The van der Waals surface area contributed by atoms with E-state index >= 15 is 0 Å². The molecule has 47 heteroatoms. The molecule has 18 N–H and O–H groups in total. The van der Waals surface area contributed by atoms with E-state index in [0.29, 0.717) is 80.6 Å². The zero-order chi connectivity index (χ0) is 95.1. The number of morpholine rings is 1. The van der Waals surface area contributed by atoms with Crippen molar-refractivity contribution >= 4 is 136 Å². The molecule has 0 unspecified atom stereocenters. The normalized spacial score (nSPS) is 16.0. The smallest absolute Gasteiger partial charge is 0.317 e. The number of hydrogen-bond acceptors (Lipinski definition) is 26. The predicted octanol–water partition coefficient (Wildman–Crippen LogP) is -0.476. The molecule has 0 spiro atoms. The van der Waals surface area contributed by atoms with Crippen LogP contribution in [0.1, 0.15) is 127 Å². The molecule has 1 aromatic heterocycles. The second kappa shape index (κ2) is 49.6. The van der Waals surface area contributed by atoms with Crippen molar-refractivity contribution in [3.05, 3.63) is 75.9 Å². The predicted molar refractivity (Wildman–Crippen MR) is 456 cm³/mol. The SMILES string of the molecule is COc1cc2c(cc1-c1cccc(NC(=O)CCC(=O)NCCCC[C@@H](NC(=O)[C@@H](CCC(=O)O)NC(=O)[C@@H](CCC(=O)O)NC(=O)[C@@H](C)NC(=O)CN3CCN(CC(=O)O)CCN(CC(=O)O)CCN(CC(=O)O)CC3)C(=O)N[C@H](CCC(=O)O)C(=O)N[C@H](CCC(=O)O)C(=O)N[C@H](C)C(N)=O)c1)-c1c(c(C(=O)N3CCOCC3(C)C)nn1-c1cc(Cl)cc(Cl)c1)CO2. The minimum atomic E-state index is -1.98. The van der Waals surface area contributed by atoms with Crippen molar-refractivity contribution in [2.45, 2.75) is 166 Å². The molecule has 2 fully saturated rings. The molecule has 4 aromatic rings. The number of hydrogen-bond donors (Lipinski definition) is 17. The number of methoxy groups -OCH3 is 1. The van der Waals surface area contributed by atoms with Crippen molar-refractivity contribution in [2.75, 3.05) is 117 Å². The van der Waals surface area contributed by atoms with Crippen LogP contribution in [0.3, 0.4) is 0 Å². The molecule has 7 atom stereocenters. The maximum absolute atomic E-state index is 14.7. The van der Waals surface area contributed by atoms with Crippen molar-refractivity contribution in [1.29, 1.82) is 0 Å². The summed E-state index contributed by atoms with van der Waals surface area (Å²) in [6.45, 7) is 5.32. The summed E-state index contributed by atoms with van der Waals surface area (Å²) in [5.41, 5.74) is 8.09. The molecule has 0 saturated carbocycles. The Morgan fingerprint density at radius 1 is 0.496 bits per heavy atom. The molecular weight excluding hydrogens is 1740 g/mol. The van der Waals surface area contributed by atoms with Crippen molar-refractivity contribution in [3.8, 4) is 39.6 Å². The van der Waals surface area contributed by atoms with Gasteiger partial charge in [-0.25, -0.2) is 4.68 Å². The van der Waals surface area contributed by atoms with Crippen molar-refractivity contribution in [3.63, 3.8) is 0 Å². The fraction of sp³-hybridized carbons (Fsp3) is 0.524. The summed E-state index contributed by atoms with van der Waals surface area (Å²) in [4.78, 5) is 244. The molecule has 45 nitrogen and oxygen atoms in total. The van der Waals surface area contributed by atoms with Gasteiger partial charge in [0.15, 0.2) is 5.69 Å². The number of aromatic nitrogens is 2. The number of primary amides is 1. The molecule has 704 valence electrons. The van der Waals surface area contributed by atoms with E-state index in [1.54, 1.807) is 69.1 Å². The number of carbonyl (C=O) groups excluding carboxylic acids is 11. The summed E-state index contributed by atoms with van der Waals surface area (Å²) in [6.07, 6.45) is -7.44. The molecule has 3 aromatic carbocycles. The molecule has 129 heavy (non-hydrogen) atoms. The number of nitrogens with one attached hydrogen (secondary N) is 9. The highest BCUT2D eigenvalue weighted by Crippen LogP contribution is 2.47. The van der Waals surface area contributed by atoms with Crippen LogP contribution in [0.4, 0.5) is 5.69 Å². The highest BCUT2D eigenvalue weighted by atomic mass is 35.5. The average molecular weight is 1850 g/mol. The van der Waals surface area contributed by atoms with Gasteiger partial charge in [-0.05, 0) is 115 Å². The number of nitrogens with two attached hydrogens (primary N) is 1. The standard InChI is InChI=1S/C82H109Cl2N17O28/c1-45(74(85)119)88-76(121)56(12-18-65(105)106)92-80(125)59(15-21-68(111)112)93-77(122)55(91-79(124)58(14-20-67(109)110)94-78(123)57(13-19-66(107)108)90-75(120)46(2)87-64(104)39-96-23-25-97(40-69(113)114)27-29-99(42-71(117)118)30-28-98(26-24-96)41-70(115)116)11-6-7-22-86-62(102)16-17-63(103)89-50-10-8-9-47(33-50)52-37-53-61(38-60(52)127-5)129-43-54-72(81(126)100-31-32-128-44-82(100,3)4)95-101(73(53)54)51-35-48(83)34-49(84)36-51/h8-10,33-38,45-46,55-59H,6-7,11-32,39-44H2,1-5H3,(H2,85,119)(H,86,102)(H,87,104)(H,88,121)(H,89,103)(H,90,120)(H,91,124)(H,92,125)(H,93,122)(H,94,123)(H,105,106)(H,107,108)(H,109,110)(H,111,112)(H,113,114)(H,115,116)(H,117,118)/t45-,46-,55-,56-,57-,58-,59-/m1/s1. The Kier molecular flexibility index (Phi) is 39.7. The van der Waals surface area contributed by atoms with E-state index in [1.165, 1.54) is 35.7 Å². The van der Waals surface area contributed by atoms with Gasteiger partial charge in [0.05, 0.1) is 63.4 Å². The Morgan fingerprint density at radius 2 is 0.946 bits per heavy atom. The zero-order valence-corrected chi connectivity index (χ0v) is 73.1. The van der Waals surface area contributed by atoms with Gasteiger partial charge in [0.2, 0.25) is 59.1 Å². The number of aliphatic carboxylic acids is 7. The molecule has 2 saturated heterocycles. The van der Waals surface area contributed by atoms with Gasteiger partial charge in [-0.1, -0.05) is 35.3 Å². The number of benzene rings is 3. The molecular formula is C82H109Cl2N17O28. The first-order chi connectivity index (χ1) is 61.0. The number of amides is 11. The number of carboxylic acid groups (broad SMARTS) is 7.